The van der Waals surface area contributed by atoms with E-state index < -0.39 is 0 Å². The van der Waals surface area contributed by atoms with Gasteiger partial charge in [0.1, 0.15) is 0 Å². The van der Waals surface area contributed by atoms with Gasteiger partial charge in [-0.05, 0) is 33.7 Å². The second kappa shape index (κ2) is 6.72. The number of rotatable bonds is 5. The summed E-state index contributed by atoms with van der Waals surface area (Å²) in [4.78, 5) is 12.2. The maximum atomic E-state index is 12.2. The molecule has 1 amide bonds. The van der Waals surface area contributed by atoms with Crippen molar-refractivity contribution in [3.63, 3.8) is 0 Å². The Balaban J connectivity index is 2.80. The predicted molar refractivity (Wildman–Crippen MR) is 82.8 cm³/mol. The summed E-state index contributed by atoms with van der Waals surface area (Å²) < 4.78 is 0.692. The first-order chi connectivity index (χ1) is 9.15. The molecule has 0 saturated heterocycles. The molecular weight excluding hydrogens is 322 g/mol. The number of H-pyrrole nitrogens is 1. The van der Waals surface area contributed by atoms with E-state index in [1.807, 2.05) is 13.8 Å². The van der Waals surface area contributed by atoms with Crippen LogP contribution in [0, 0.1) is 5.41 Å². The third-order valence-electron chi connectivity index (χ3n) is 2.94. The first-order valence-electron chi connectivity index (χ1n) is 6.81. The molecule has 5 nitrogen and oxygen atoms in total. The van der Waals surface area contributed by atoms with Crippen molar-refractivity contribution in [2.24, 2.45) is 5.41 Å². The Hall–Kier alpha value is -0.880. The Labute approximate surface area is 128 Å². The summed E-state index contributed by atoms with van der Waals surface area (Å²) in [5.74, 6) is -0.0232. The number of aliphatic hydroxyl groups excluding tert-OH is 1. The van der Waals surface area contributed by atoms with Crippen LogP contribution in [0.4, 0.5) is 0 Å². The van der Waals surface area contributed by atoms with Gasteiger partial charge in [-0.2, -0.15) is 5.10 Å². The largest absolute Gasteiger partial charge is 0.394 e. The van der Waals surface area contributed by atoms with Crippen molar-refractivity contribution in [3.05, 3.63) is 15.9 Å². The lowest BCUT2D eigenvalue weighted by Crippen LogP contribution is -2.40. The second-order valence-electron chi connectivity index (χ2n) is 6.57. The number of aromatic amines is 1. The zero-order chi connectivity index (χ0) is 15.5. The van der Waals surface area contributed by atoms with Crippen LogP contribution in [0.25, 0.3) is 0 Å². The topological polar surface area (TPSA) is 78.0 Å². The second-order valence-corrected chi connectivity index (χ2v) is 7.37. The van der Waals surface area contributed by atoms with Crippen molar-refractivity contribution in [2.45, 2.75) is 53.0 Å². The molecule has 0 aromatic carbocycles. The molecule has 0 spiro atoms. The van der Waals surface area contributed by atoms with E-state index in [-0.39, 0.29) is 29.9 Å². The number of halogens is 1. The lowest BCUT2D eigenvalue weighted by Gasteiger charge is -2.25. The fourth-order valence-corrected chi connectivity index (χ4v) is 2.84. The van der Waals surface area contributed by atoms with Gasteiger partial charge < -0.3 is 10.4 Å². The van der Waals surface area contributed by atoms with Crippen LogP contribution in [-0.4, -0.2) is 33.9 Å². The maximum Gasteiger partial charge on any atom is 0.273 e. The van der Waals surface area contributed by atoms with Crippen LogP contribution < -0.4 is 5.32 Å². The van der Waals surface area contributed by atoms with Gasteiger partial charge in [0.2, 0.25) is 0 Å². The molecule has 20 heavy (non-hydrogen) atoms. The van der Waals surface area contributed by atoms with Crippen molar-refractivity contribution >= 4 is 21.8 Å². The molecule has 1 unspecified atom stereocenters. The molecular formula is C14H24BrN3O2. The third kappa shape index (κ3) is 4.59. The summed E-state index contributed by atoms with van der Waals surface area (Å²) in [6.45, 7) is 10.2. The number of aromatic nitrogens is 2. The zero-order valence-corrected chi connectivity index (χ0v) is 14.3. The lowest BCUT2D eigenvalue weighted by molar-refractivity contribution is 0.0892. The minimum absolute atomic E-state index is 0.0343. The normalized spacial score (nSPS) is 13.6. The van der Waals surface area contributed by atoms with Gasteiger partial charge in [-0.25, -0.2) is 0 Å². The number of nitrogens with one attached hydrogen (secondary N) is 2. The van der Waals surface area contributed by atoms with Crippen molar-refractivity contribution in [1.82, 2.24) is 15.5 Å². The summed E-state index contributed by atoms with van der Waals surface area (Å²) in [5, 5.41) is 19.2. The van der Waals surface area contributed by atoms with Crippen molar-refractivity contribution in [1.29, 1.82) is 0 Å². The Morgan fingerprint density at radius 1 is 1.45 bits per heavy atom. The molecule has 1 atom stereocenters. The van der Waals surface area contributed by atoms with Crippen LogP contribution in [0.5, 0.6) is 0 Å². The minimum Gasteiger partial charge on any atom is -0.394 e. The SMILES string of the molecule is CC(C)c1[nH]nc(C(=O)NC(CO)CC(C)(C)C)c1Br. The number of carbonyl (C=O) groups is 1. The Kier molecular flexibility index (Phi) is 5.77. The van der Waals surface area contributed by atoms with E-state index in [1.54, 1.807) is 0 Å². The van der Waals surface area contributed by atoms with E-state index >= 15 is 0 Å². The van der Waals surface area contributed by atoms with Crippen molar-refractivity contribution in [2.75, 3.05) is 6.61 Å². The number of hydrogen-bond acceptors (Lipinski definition) is 3. The van der Waals surface area contributed by atoms with Crippen LogP contribution in [0.15, 0.2) is 4.47 Å². The van der Waals surface area contributed by atoms with E-state index in [0.29, 0.717) is 16.6 Å². The molecule has 0 bridgehead atoms. The Bertz CT molecular complexity index is 463. The van der Waals surface area contributed by atoms with E-state index in [4.69, 9.17) is 0 Å². The summed E-state index contributed by atoms with van der Waals surface area (Å²) in [5.41, 5.74) is 1.26. The molecule has 0 radical (unpaired) electrons. The van der Waals surface area contributed by atoms with Gasteiger partial charge in [0, 0.05) is 0 Å². The molecule has 1 rings (SSSR count). The van der Waals surface area contributed by atoms with Crippen LogP contribution in [0.3, 0.4) is 0 Å². The number of carbonyl (C=O) groups excluding carboxylic acids is 1. The number of amides is 1. The molecule has 0 saturated carbocycles. The average Bonchev–Trinajstić information content (AvgIpc) is 2.68. The molecule has 3 N–H and O–H groups in total. The minimum atomic E-state index is -0.275. The average molecular weight is 346 g/mol. The van der Waals surface area contributed by atoms with E-state index in [9.17, 15) is 9.90 Å². The highest BCUT2D eigenvalue weighted by Gasteiger charge is 2.24. The van der Waals surface area contributed by atoms with E-state index in [1.165, 1.54) is 0 Å². The summed E-state index contributed by atoms with van der Waals surface area (Å²) in [6.07, 6.45) is 0.703. The van der Waals surface area contributed by atoms with Gasteiger partial charge in [-0.1, -0.05) is 34.6 Å². The van der Waals surface area contributed by atoms with E-state index in [0.717, 1.165) is 5.69 Å². The van der Waals surface area contributed by atoms with Crippen LogP contribution in [0.1, 0.15) is 63.1 Å². The van der Waals surface area contributed by atoms with Crippen molar-refractivity contribution in [3.8, 4) is 0 Å². The van der Waals surface area contributed by atoms with Gasteiger partial charge in [0.25, 0.3) is 5.91 Å². The van der Waals surface area contributed by atoms with Crippen LogP contribution in [-0.2, 0) is 0 Å². The molecule has 0 aliphatic carbocycles. The molecule has 0 fully saturated rings. The third-order valence-corrected chi connectivity index (χ3v) is 3.74. The van der Waals surface area contributed by atoms with Crippen molar-refractivity contribution < 1.29 is 9.90 Å². The van der Waals surface area contributed by atoms with Gasteiger partial charge in [0.15, 0.2) is 5.69 Å². The van der Waals surface area contributed by atoms with Gasteiger partial charge in [-0.3, -0.25) is 9.89 Å². The monoisotopic (exact) mass is 345 g/mol. The lowest BCUT2D eigenvalue weighted by atomic mass is 9.88. The molecule has 0 aliphatic rings. The zero-order valence-electron chi connectivity index (χ0n) is 12.7. The smallest absolute Gasteiger partial charge is 0.273 e. The number of aliphatic hydroxyl groups is 1. The fourth-order valence-electron chi connectivity index (χ4n) is 2.03. The molecule has 1 heterocycles. The molecule has 0 aliphatic heterocycles. The fraction of sp³-hybridized carbons (Fsp3) is 0.714. The first-order valence-corrected chi connectivity index (χ1v) is 7.60. The molecule has 1 aromatic heterocycles. The van der Waals surface area contributed by atoms with Gasteiger partial charge in [-0.15, -0.1) is 0 Å². The standard InChI is InChI=1S/C14H24BrN3O2/c1-8(2)11-10(15)12(18-17-11)13(20)16-9(7-19)6-14(3,4)5/h8-9,19H,6-7H2,1-5H3,(H,16,20)(H,17,18). The summed E-state index contributed by atoms with van der Waals surface area (Å²) in [6, 6.07) is -0.270. The quantitative estimate of drug-likeness (QED) is 0.767. The Morgan fingerprint density at radius 3 is 2.45 bits per heavy atom. The van der Waals surface area contributed by atoms with E-state index in [2.05, 4.69) is 52.2 Å². The first kappa shape index (κ1) is 17.2. The number of nitrogens with zero attached hydrogens (tertiary/aromatic N) is 1. The highest BCUT2D eigenvalue weighted by atomic mass is 79.9. The maximum absolute atomic E-state index is 12.2. The number of hydrogen-bond donors (Lipinski definition) is 3. The van der Waals surface area contributed by atoms with Gasteiger partial charge >= 0.3 is 0 Å². The predicted octanol–water partition coefficient (Wildman–Crippen LogP) is 2.82. The molecule has 1 aromatic rings. The Morgan fingerprint density at radius 2 is 2.05 bits per heavy atom. The van der Waals surface area contributed by atoms with Crippen LogP contribution >= 0.6 is 15.9 Å². The highest BCUT2D eigenvalue weighted by molar-refractivity contribution is 9.10. The van der Waals surface area contributed by atoms with Crippen LogP contribution in [0.2, 0.25) is 0 Å². The highest BCUT2D eigenvalue weighted by Crippen LogP contribution is 2.26. The molecule has 114 valence electrons. The molecule has 6 heteroatoms. The van der Waals surface area contributed by atoms with Gasteiger partial charge in [0.05, 0.1) is 22.8 Å². The summed E-state index contributed by atoms with van der Waals surface area (Å²) >= 11 is 3.41. The summed E-state index contributed by atoms with van der Waals surface area (Å²) in [7, 11) is 0.